The van der Waals surface area contributed by atoms with Crippen LogP contribution in [0.3, 0.4) is 0 Å². The Morgan fingerprint density at radius 2 is 2.06 bits per heavy atom. The van der Waals surface area contributed by atoms with Gasteiger partial charge < -0.3 is 11.1 Å². The van der Waals surface area contributed by atoms with E-state index in [-0.39, 0.29) is 0 Å². The molecule has 16 heavy (non-hydrogen) atoms. The van der Waals surface area contributed by atoms with E-state index in [0.29, 0.717) is 5.41 Å². The zero-order valence-electron chi connectivity index (χ0n) is 10.1. The summed E-state index contributed by atoms with van der Waals surface area (Å²) >= 11 is 0. The van der Waals surface area contributed by atoms with Crippen molar-refractivity contribution in [1.29, 1.82) is 0 Å². The summed E-state index contributed by atoms with van der Waals surface area (Å²) in [6, 6.07) is 8.55. The van der Waals surface area contributed by atoms with Crippen LogP contribution in [0, 0.1) is 12.3 Å². The van der Waals surface area contributed by atoms with Crippen LogP contribution in [0.15, 0.2) is 24.3 Å². The summed E-state index contributed by atoms with van der Waals surface area (Å²) in [4.78, 5) is 0. The third-order valence-corrected chi connectivity index (χ3v) is 3.92. The van der Waals surface area contributed by atoms with E-state index in [2.05, 4.69) is 36.5 Å². The van der Waals surface area contributed by atoms with E-state index in [1.165, 1.54) is 30.4 Å². The first-order valence-electron chi connectivity index (χ1n) is 6.21. The summed E-state index contributed by atoms with van der Waals surface area (Å²) in [5, 5.41) is 3.56. The highest BCUT2D eigenvalue weighted by atomic mass is 14.9. The standard InChI is InChI=1S/C14H22N2/c1-12-5-2-3-6-13(12)9-16-11-14(10-15)7-4-8-14/h2-3,5-6,16H,4,7-11,15H2,1H3. The second kappa shape index (κ2) is 4.98. The van der Waals surface area contributed by atoms with Crippen LogP contribution in [0.5, 0.6) is 0 Å². The number of benzene rings is 1. The van der Waals surface area contributed by atoms with Gasteiger partial charge in [0.15, 0.2) is 0 Å². The van der Waals surface area contributed by atoms with Gasteiger partial charge in [0.1, 0.15) is 0 Å². The Morgan fingerprint density at radius 1 is 1.31 bits per heavy atom. The van der Waals surface area contributed by atoms with Crippen molar-refractivity contribution in [2.24, 2.45) is 11.1 Å². The van der Waals surface area contributed by atoms with Crippen molar-refractivity contribution in [3.8, 4) is 0 Å². The minimum absolute atomic E-state index is 0.405. The first-order valence-corrected chi connectivity index (χ1v) is 6.21. The zero-order chi connectivity index (χ0) is 11.4. The van der Waals surface area contributed by atoms with Crippen LogP contribution in [0.4, 0.5) is 0 Å². The van der Waals surface area contributed by atoms with E-state index in [9.17, 15) is 0 Å². The molecular formula is C14H22N2. The molecule has 1 fully saturated rings. The van der Waals surface area contributed by atoms with Gasteiger partial charge in [-0.05, 0) is 42.9 Å². The molecule has 0 radical (unpaired) electrons. The first-order chi connectivity index (χ1) is 7.76. The topological polar surface area (TPSA) is 38.0 Å². The molecule has 1 aliphatic rings. The normalized spacial score (nSPS) is 18.1. The zero-order valence-corrected chi connectivity index (χ0v) is 10.1. The Bertz CT molecular complexity index is 337. The monoisotopic (exact) mass is 218 g/mol. The van der Waals surface area contributed by atoms with Crippen LogP contribution in [-0.4, -0.2) is 13.1 Å². The van der Waals surface area contributed by atoms with E-state index < -0.39 is 0 Å². The van der Waals surface area contributed by atoms with Crippen molar-refractivity contribution in [2.75, 3.05) is 13.1 Å². The highest BCUT2D eigenvalue weighted by Crippen LogP contribution is 2.39. The Kier molecular flexibility index (Phi) is 3.62. The van der Waals surface area contributed by atoms with Crippen LogP contribution >= 0.6 is 0 Å². The molecule has 1 aromatic rings. The van der Waals surface area contributed by atoms with E-state index in [1.807, 2.05) is 0 Å². The lowest BCUT2D eigenvalue weighted by Crippen LogP contribution is -2.45. The molecule has 0 atom stereocenters. The molecule has 0 aliphatic heterocycles. The molecule has 2 nitrogen and oxygen atoms in total. The average Bonchev–Trinajstić information content (AvgIpc) is 2.25. The fourth-order valence-electron chi connectivity index (χ4n) is 2.40. The SMILES string of the molecule is Cc1ccccc1CNCC1(CN)CCC1. The third kappa shape index (κ3) is 2.45. The fourth-order valence-corrected chi connectivity index (χ4v) is 2.40. The molecule has 2 rings (SSSR count). The molecule has 1 saturated carbocycles. The largest absolute Gasteiger partial charge is 0.330 e. The van der Waals surface area contributed by atoms with Crippen molar-refractivity contribution in [3.05, 3.63) is 35.4 Å². The first kappa shape index (κ1) is 11.6. The smallest absolute Gasteiger partial charge is 0.0208 e. The van der Waals surface area contributed by atoms with Gasteiger partial charge in [-0.3, -0.25) is 0 Å². The Hall–Kier alpha value is -0.860. The molecule has 0 unspecified atom stereocenters. The van der Waals surface area contributed by atoms with Crippen molar-refractivity contribution in [2.45, 2.75) is 32.7 Å². The number of nitrogens with two attached hydrogens (primary N) is 1. The van der Waals surface area contributed by atoms with E-state index in [4.69, 9.17) is 5.73 Å². The lowest BCUT2D eigenvalue weighted by atomic mass is 9.69. The van der Waals surface area contributed by atoms with E-state index in [1.54, 1.807) is 0 Å². The molecule has 3 N–H and O–H groups in total. The molecular weight excluding hydrogens is 196 g/mol. The van der Waals surface area contributed by atoms with Crippen molar-refractivity contribution in [3.63, 3.8) is 0 Å². The minimum Gasteiger partial charge on any atom is -0.330 e. The molecule has 88 valence electrons. The van der Waals surface area contributed by atoms with Gasteiger partial charge in [0.2, 0.25) is 0 Å². The van der Waals surface area contributed by atoms with Crippen molar-refractivity contribution >= 4 is 0 Å². The average molecular weight is 218 g/mol. The quantitative estimate of drug-likeness (QED) is 0.795. The maximum Gasteiger partial charge on any atom is 0.0208 e. The van der Waals surface area contributed by atoms with Gasteiger partial charge in [-0.25, -0.2) is 0 Å². The van der Waals surface area contributed by atoms with Crippen molar-refractivity contribution < 1.29 is 0 Å². The summed E-state index contributed by atoms with van der Waals surface area (Å²) in [7, 11) is 0. The van der Waals surface area contributed by atoms with Crippen LogP contribution in [0.25, 0.3) is 0 Å². The summed E-state index contributed by atoms with van der Waals surface area (Å²) in [5.41, 5.74) is 9.01. The maximum absolute atomic E-state index is 5.84. The second-order valence-corrected chi connectivity index (χ2v) is 5.09. The molecule has 0 aromatic heterocycles. The number of nitrogens with one attached hydrogen (secondary N) is 1. The molecule has 2 heteroatoms. The Balaban J connectivity index is 1.82. The molecule has 0 heterocycles. The molecule has 0 saturated heterocycles. The van der Waals surface area contributed by atoms with Gasteiger partial charge >= 0.3 is 0 Å². The Morgan fingerprint density at radius 3 is 2.62 bits per heavy atom. The number of aryl methyl sites for hydroxylation is 1. The highest BCUT2D eigenvalue weighted by molar-refractivity contribution is 5.25. The lowest BCUT2D eigenvalue weighted by molar-refractivity contribution is 0.140. The molecule has 1 aliphatic carbocycles. The third-order valence-electron chi connectivity index (χ3n) is 3.92. The Labute approximate surface area is 98.2 Å². The van der Waals surface area contributed by atoms with Gasteiger partial charge in [-0.1, -0.05) is 30.7 Å². The number of hydrogen-bond donors (Lipinski definition) is 2. The van der Waals surface area contributed by atoms with Gasteiger partial charge in [-0.2, -0.15) is 0 Å². The predicted octanol–water partition coefficient (Wildman–Crippen LogP) is 2.21. The van der Waals surface area contributed by atoms with Crippen LogP contribution < -0.4 is 11.1 Å². The summed E-state index contributed by atoms with van der Waals surface area (Å²) in [6.07, 6.45) is 3.94. The van der Waals surface area contributed by atoms with Gasteiger partial charge in [0, 0.05) is 13.1 Å². The predicted molar refractivity (Wildman–Crippen MR) is 68.2 cm³/mol. The number of hydrogen-bond acceptors (Lipinski definition) is 2. The van der Waals surface area contributed by atoms with Crippen LogP contribution in [0.1, 0.15) is 30.4 Å². The number of rotatable bonds is 5. The minimum atomic E-state index is 0.405. The second-order valence-electron chi connectivity index (χ2n) is 5.09. The molecule has 0 amide bonds. The summed E-state index contributed by atoms with van der Waals surface area (Å²) < 4.78 is 0. The van der Waals surface area contributed by atoms with Crippen molar-refractivity contribution in [1.82, 2.24) is 5.32 Å². The summed E-state index contributed by atoms with van der Waals surface area (Å²) in [5.74, 6) is 0. The molecule has 0 bridgehead atoms. The van der Waals surface area contributed by atoms with Crippen LogP contribution in [0.2, 0.25) is 0 Å². The fraction of sp³-hybridized carbons (Fsp3) is 0.571. The summed E-state index contributed by atoms with van der Waals surface area (Å²) in [6.45, 7) is 5.03. The van der Waals surface area contributed by atoms with Gasteiger partial charge in [0.25, 0.3) is 0 Å². The lowest BCUT2D eigenvalue weighted by Gasteiger charge is -2.41. The van der Waals surface area contributed by atoms with Crippen LogP contribution in [-0.2, 0) is 6.54 Å². The van der Waals surface area contributed by atoms with E-state index >= 15 is 0 Å². The highest BCUT2D eigenvalue weighted by Gasteiger charge is 2.34. The van der Waals surface area contributed by atoms with Gasteiger partial charge in [-0.15, -0.1) is 0 Å². The van der Waals surface area contributed by atoms with E-state index in [0.717, 1.165) is 19.6 Å². The maximum atomic E-state index is 5.84. The molecule has 0 spiro atoms. The van der Waals surface area contributed by atoms with Gasteiger partial charge in [0.05, 0.1) is 0 Å². The molecule has 1 aromatic carbocycles.